The molecule has 0 aliphatic carbocycles. The molecular formula is C30H48Cl2P3Ru+3. The summed E-state index contributed by atoms with van der Waals surface area (Å²) in [6.45, 7) is 13.8. The maximum absolute atomic E-state index is 4.85. The van der Waals surface area contributed by atoms with Gasteiger partial charge in [0.15, 0.2) is 0 Å². The van der Waals surface area contributed by atoms with Gasteiger partial charge in [0.05, 0.1) is 52.9 Å². The second kappa shape index (κ2) is 25.4. The van der Waals surface area contributed by atoms with Crippen molar-refractivity contribution in [1.29, 1.82) is 0 Å². The minimum absolute atomic E-state index is 0.201. The molecule has 0 aromatic heterocycles. The standard InChI is InChI=1S/3C10H15P.2ClH.Ru/c3*1-3-11(4-2)10-8-6-5-7-9-10;;;/h3*5-9H,3-4H2,1-2H3;2*1H;/q;;;;;+2/p+1. The molecule has 0 amide bonds. The zero-order chi connectivity index (χ0) is 27.0. The minimum atomic E-state index is -0.346. The van der Waals surface area contributed by atoms with Crippen molar-refractivity contribution in [2.45, 2.75) is 41.5 Å². The Bertz CT molecular complexity index is 714. The molecular weight excluding hydrogens is 625 g/mol. The SMILES string of the molecule is CC[PH+](CC)c1ccccc1.CC[PH+](CC)c1ccccc1.CC[PH+](CC)c1ccccc1.[Cl][Ru][Cl]. The van der Waals surface area contributed by atoms with E-state index >= 15 is 0 Å². The van der Waals surface area contributed by atoms with Crippen molar-refractivity contribution in [3.8, 4) is 0 Å². The van der Waals surface area contributed by atoms with Crippen LogP contribution in [0, 0.1) is 0 Å². The van der Waals surface area contributed by atoms with Crippen molar-refractivity contribution in [3.05, 3.63) is 91.0 Å². The van der Waals surface area contributed by atoms with Crippen LogP contribution >= 0.6 is 43.1 Å². The molecule has 3 aromatic rings. The van der Waals surface area contributed by atoms with E-state index in [1.807, 2.05) is 0 Å². The van der Waals surface area contributed by atoms with Crippen molar-refractivity contribution < 1.29 is 15.1 Å². The van der Waals surface area contributed by atoms with E-state index in [-0.39, 0.29) is 38.9 Å². The molecule has 3 aromatic carbocycles. The summed E-state index contributed by atoms with van der Waals surface area (Å²) in [5, 5.41) is 4.76. The van der Waals surface area contributed by atoms with Gasteiger partial charge >= 0.3 is 34.5 Å². The van der Waals surface area contributed by atoms with Crippen LogP contribution < -0.4 is 15.9 Å². The van der Waals surface area contributed by atoms with Gasteiger partial charge in [-0.15, -0.1) is 0 Å². The van der Waals surface area contributed by atoms with E-state index in [0.717, 1.165) is 0 Å². The van der Waals surface area contributed by atoms with E-state index in [9.17, 15) is 0 Å². The molecule has 0 N–H and O–H groups in total. The van der Waals surface area contributed by atoms with Crippen molar-refractivity contribution in [2.24, 2.45) is 0 Å². The van der Waals surface area contributed by atoms with Crippen LogP contribution in [-0.4, -0.2) is 37.0 Å². The van der Waals surface area contributed by atoms with Crippen LogP contribution in [0.3, 0.4) is 0 Å². The fraction of sp³-hybridized carbons (Fsp3) is 0.400. The molecule has 0 saturated carbocycles. The van der Waals surface area contributed by atoms with Gasteiger partial charge in [0, 0.05) is 23.8 Å². The van der Waals surface area contributed by atoms with E-state index in [1.165, 1.54) is 37.0 Å². The predicted octanol–water partition coefficient (Wildman–Crippen LogP) is 9.07. The molecule has 36 heavy (non-hydrogen) atoms. The van der Waals surface area contributed by atoms with Crippen molar-refractivity contribution in [2.75, 3.05) is 37.0 Å². The van der Waals surface area contributed by atoms with Crippen LogP contribution in [0.2, 0.25) is 0 Å². The van der Waals surface area contributed by atoms with Gasteiger partial charge in [0.2, 0.25) is 0 Å². The van der Waals surface area contributed by atoms with E-state index < -0.39 is 0 Å². The molecule has 0 atom stereocenters. The molecule has 0 saturated heterocycles. The number of hydrogen-bond acceptors (Lipinski definition) is 0. The number of hydrogen-bond donors (Lipinski definition) is 0. The van der Waals surface area contributed by atoms with Gasteiger partial charge in [-0.05, 0) is 77.9 Å². The molecule has 0 spiro atoms. The van der Waals surface area contributed by atoms with Crippen LogP contribution in [0.1, 0.15) is 41.5 Å². The van der Waals surface area contributed by atoms with E-state index in [2.05, 4.69) is 133 Å². The van der Waals surface area contributed by atoms with E-state index in [0.29, 0.717) is 0 Å². The number of halogens is 2. The Labute approximate surface area is 242 Å². The first-order valence-electron chi connectivity index (χ1n) is 13.1. The Morgan fingerprint density at radius 2 is 0.583 bits per heavy atom. The molecule has 0 aliphatic rings. The molecule has 3 rings (SSSR count). The fourth-order valence-electron chi connectivity index (χ4n) is 4.00. The van der Waals surface area contributed by atoms with E-state index in [1.54, 1.807) is 15.9 Å². The van der Waals surface area contributed by atoms with Crippen LogP contribution in [0.25, 0.3) is 0 Å². The fourth-order valence-corrected chi connectivity index (χ4v) is 9.94. The van der Waals surface area contributed by atoms with E-state index in [4.69, 9.17) is 19.4 Å². The Morgan fingerprint density at radius 3 is 0.722 bits per heavy atom. The molecule has 0 heterocycles. The first-order valence-corrected chi connectivity index (χ1v) is 23.3. The zero-order valence-electron chi connectivity index (χ0n) is 23.0. The summed E-state index contributed by atoms with van der Waals surface area (Å²) in [5.74, 6) is 0. The van der Waals surface area contributed by atoms with Gasteiger partial charge in [0.1, 0.15) is 0 Å². The van der Waals surface area contributed by atoms with Crippen molar-refractivity contribution in [3.63, 3.8) is 0 Å². The zero-order valence-corrected chi connectivity index (χ0v) is 29.3. The molecule has 0 radical (unpaired) electrons. The Balaban J connectivity index is 0.000000483. The Hall–Kier alpha value is 0.153. The molecule has 0 fully saturated rings. The third-order valence-corrected chi connectivity index (χ3v) is 14.7. The maximum atomic E-state index is 4.85. The molecule has 0 nitrogen and oxygen atoms in total. The van der Waals surface area contributed by atoms with Gasteiger partial charge in [-0.2, -0.15) is 0 Å². The second-order valence-electron chi connectivity index (χ2n) is 8.08. The van der Waals surface area contributed by atoms with Gasteiger partial charge in [-0.25, -0.2) is 0 Å². The Kier molecular flexibility index (Phi) is 25.5. The quantitative estimate of drug-likeness (QED) is 0.157. The van der Waals surface area contributed by atoms with Gasteiger partial charge in [-0.1, -0.05) is 54.6 Å². The second-order valence-corrected chi connectivity index (χ2v) is 20.3. The number of benzene rings is 3. The average molecular weight is 674 g/mol. The van der Waals surface area contributed by atoms with Gasteiger partial charge in [-0.3, -0.25) is 0 Å². The number of rotatable bonds is 9. The first-order chi connectivity index (χ1) is 17.6. The topological polar surface area (TPSA) is 0 Å². The van der Waals surface area contributed by atoms with Crippen LogP contribution in [0.15, 0.2) is 91.0 Å². The normalized spacial score (nSPS) is 10.2. The van der Waals surface area contributed by atoms with Gasteiger partial charge < -0.3 is 0 Å². The molecule has 202 valence electrons. The monoisotopic (exact) mass is 673 g/mol. The predicted molar refractivity (Wildman–Crippen MR) is 178 cm³/mol. The molecule has 0 unspecified atom stereocenters. The molecule has 0 aliphatic heterocycles. The molecule has 6 heteroatoms. The van der Waals surface area contributed by atoms with Crippen LogP contribution in [0.5, 0.6) is 0 Å². The summed E-state index contributed by atoms with van der Waals surface area (Å²) in [6.07, 6.45) is 8.11. The molecule has 0 bridgehead atoms. The average Bonchev–Trinajstić information content (AvgIpc) is 2.94. The summed E-state index contributed by atoms with van der Waals surface area (Å²) in [7, 11) is 9.11. The van der Waals surface area contributed by atoms with Crippen LogP contribution in [-0.2, 0) is 15.1 Å². The summed E-state index contributed by atoms with van der Waals surface area (Å²) >= 11 is -0.346. The summed E-state index contributed by atoms with van der Waals surface area (Å²) in [6, 6.07) is 32.7. The van der Waals surface area contributed by atoms with Crippen molar-refractivity contribution in [1.82, 2.24) is 0 Å². The van der Waals surface area contributed by atoms with Crippen molar-refractivity contribution >= 4 is 59.1 Å². The Morgan fingerprint density at radius 1 is 0.417 bits per heavy atom. The van der Waals surface area contributed by atoms with Crippen LogP contribution in [0.4, 0.5) is 0 Å². The summed E-state index contributed by atoms with van der Waals surface area (Å²) < 4.78 is 0. The summed E-state index contributed by atoms with van der Waals surface area (Å²) in [5.41, 5.74) is 0. The van der Waals surface area contributed by atoms with Gasteiger partial charge in [0.25, 0.3) is 0 Å². The third-order valence-electron chi connectivity index (χ3n) is 6.11. The first kappa shape index (κ1) is 36.2. The summed E-state index contributed by atoms with van der Waals surface area (Å²) in [4.78, 5) is 0. The third kappa shape index (κ3) is 16.2.